The SMILES string of the molecule is CC[C@@H]1CC(=O)[C@H](NC(=O)OC(C)(C)C)CN1C(=N[C@H](COC)C(C)C)c1ccccc1. The summed E-state index contributed by atoms with van der Waals surface area (Å²) >= 11 is 0. The Bertz CT molecular complexity index is 786. The average molecular weight is 446 g/mol. The molecule has 2 rings (SSSR count). The van der Waals surface area contributed by atoms with Crippen LogP contribution in [0.3, 0.4) is 0 Å². The van der Waals surface area contributed by atoms with Crippen LogP contribution < -0.4 is 5.32 Å². The van der Waals surface area contributed by atoms with Gasteiger partial charge in [-0.15, -0.1) is 0 Å². The molecule has 3 atom stereocenters. The maximum absolute atomic E-state index is 12.8. The standard InChI is InChI=1S/C25H39N3O4/c1-8-19-14-22(29)20(27-24(30)32-25(4,5)6)15-28(19)23(18-12-10-9-11-13-18)26-21(16-31-7)17(2)3/h9-13,17,19-21H,8,14-16H2,1-7H3,(H,27,30)/t19-,20-,21-/m1/s1. The summed E-state index contributed by atoms with van der Waals surface area (Å²) in [5, 5.41) is 2.78. The molecule has 178 valence electrons. The van der Waals surface area contributed by atoms with E-state index in [2.05, 4.69) is 31.0 Å². The zero-order chi connectivity index (χ0) is 23.9. The largest absolute Gasteiger partial charge is 0.444 e. The van der Waals surface area contributed by atoms with E-state index in [1.807, 2.05) is 30.3 Å². The molecular formula is C25H39N3O4. The number of hydrogen-bond acceptors (Lipinski definition) is 5. The number of likely N-dealkylation sites (tertiary alicyclic amines) is 1. The van der Waals surface area contributed by atoms with Gasteiger partial charge in [0.15, 0.2) is 5.78 Å². The molecule has 1 heterocycles. The van der Waals surface area contributed by atoms with Gasteiger partial charge in [-0.3, -0.25) is 9.79 Å². The first-order valence-corrected chi connectivity index (χ1v) is 11.5. The predicted octanol–water partition coefficient (Wildman–Crippen LogP) is 4.05. The van der Waals surface area contributed by atoms with Crippen molar-refractivity contribution in [3.8, 4) is 0 Å². The van der Waals surface area contributed by atoms with Gasteiger partial charge in [0.1, 0.15) is 17.5 Å². The number of hydrogen-bond donors (Lipinski definition) is 1. The molecule has 1 N–H and O–H groups in total. The van der Waals surface area contributed by atoms with Gasteiger partial charge >= 0.3 is 6.09 Å². The quantitative estimate of drug-likeness (QED) is 0.506. The van der Waals surface area contributed by atoms with E-state index in [4.69, 9.17) is 14.5 Å². The van der Waals surface area contributed by atoms with E-state index < -0.39 is 17.7 Å². The first kappa shape index (κ1) is 25.8. The fraction of sp³-hybridized carbons (Fsp3) is 0.640. The fourth-order valence-corrected chi connectivity index (χ4v) is 3.74. The zero-order valence-corrected chi connectivity index (χ0v) is 20.6. The van der Waals surface area contributed by atoms with Crippen molar-refractivity contribution in [3.05, 3.63) is 35.9 Å². The van der Waals surface area contributed by atoms with E-state index in [0.29, 0.717) is 19.6 Å². The molecule has 7 nitrogen and oxygen atoms in total. The molecule has 0 saturated carbocycles. The minimum absolute atomic E-state index is 0.00787. The highest BCUT2D eigenvalue weighted by atomic mass is 16.6. The number of nitrogens with zero attached hydrogens (tertiary/aromatic N) is 2. The molecule has 0 aliphatic carbocycles. The number of aliphatic imine (C=N–C) groups is 1. The lowest BCUT2D eigenvalue weighted by atomic mass is 9.93. The number of rotatable bonds is 7. The van der Waals surface area contributed by atoms with Crippen molar-refractivity contribution in [1.82, 2.24) is 10.2 Å². The Morgan fingerprint density at radius 3 is 2.44 bits per heavy atom. The van der Waals surface area contributed by atoms with Gasteiger partial charge in [-0.2, -0.15) is 0 Å². The minimum Gasteiger partial charge on any atom is -0.444 e. The lowest BCUT2D eigenvalue weighted by Crippen LogP contribution is -2.59. The summed E-state index contributed by atoms with van der Waals surface area (Å²) in [5.41, 5.74) is 0.354. The fourth-order valence-electron chi connectivity index (χ4n) is 3.74. The van der Waals surface area contributed by atoms with Gasteiger partial charge in [-0.1, -0.05) is 51.1 Å². The number of alkyl carbamates (subject to hydrolysis) is 1. The number of carbonyl (C=O) groups is 2. The molecule has 1 aliphatic heterocycles. The number of benzene rings is 1. The van der Waals surface area contributed by atoms with Crippen LogP contribution >= 0.6 is 0 Å². The van der Waals surface area contributed by atoms with Crippen molar-refractivity contribution < 1.29 is 19.1 Å². The highest BCUT2D eigenvalue weighted by Crippen LogP contribution is 2.23. The second kappa shape index (κ2) is 11.5. The van der Waals surface area contributed by atoms with Crippen molar-refractivity contribution in [1.29, 1.82) is 0 Å². The second-order valence-corrected chi connectivity index (χ2v) is 9.67. The minimum atomic E-state index is -0.651. The molecule has 1 aliphatic rings. The lowest BCUT2D eigenvalue weighted by Gasteiger charge is -2.41. The molecule has 7 heteroatoms. The summed E-state index contributed by atoms with van der Waals surface area (Å²) < 4.78 is 10.8. The van der Waals surface area contributed by atoms with Gasteiger partial charge < -0.3 is 19.7 Å². The summed E-state index contributed by atoms with van der Waals surface area (Å²) in [5.74, 6) is 1.14. The first-order valence-electron chi connectivity index (χ1n) is 11.5. The smallest absolute Gasteiger partial charge is 0.408 e. The Balaban J connectivity index is 2.40. The Labute approximate surface area is 192 Å². The molecule has 1 saturated heterocycles. The third kappa shape index (κ3) is 7.33. The van der Waals surface area contributed by atoms with E-state index >= 15 is 0 Å². The van der Waals surface area contributed by atoms with Crippen molar-refractivity contribution in [2.24, 2.45) is 10.9 Å². The number of carbonyl (C=O) groups excluding carboxylic acids is 2. The molecule has 0 spiro atoms. The molecule has 1 fully saturated rings. The molecular weight excluding hydrogens is 406 g/mol. The van der Waals surface area contributed by atoms with Crippen LogP contribution in [0.2, 0.25) is 0 Å². The van der Waals surface area contributed by atoms with E-state index in [9.17, 15) is 9.59 Å². The molecule has 1 aromatic rings. The van der Waals surface area contributed by atoms with Gasteiger partial charge in [0.05, 0.1) is 12.6 Å². The van der Waals surface area contributed by atoms with Crippen LogP contribution in [0.15, 0.2) is 35.3 Å². The van der Waals surface area contributed by atoms with Crippen LogP contribution in [-0.4, -0.2) is 66.6 Å². The highest BCUT2D eigenvalue weighted by Gasteiger charge is 2.37. The molecule has 0 bridgehead atoms. The summed E-state index contributed by atoms with van der Waals surface area (Å²) in [6.07, 6.45) is 0.565. The van der Waals surface area contributed by atoms with Crippen LogP contribution in [0, 0.1) is 5.92 Å². The number of amides is 1. The van der Waals surface area contributed by atoms with Crippen molar-refractivity contribution >= 4 is 17.7 Å². The topological polar surface area (TPSA) is 80.2 Å². The number of ether oxygens (including phenoxy) is 2. The molecule has 1 aromatic carbocycles. The maximum atomic E-state index is 12.8. The van der Waals surface area contributed by atoms with Crippen LogP contribution in [0.1, 0.15) is 59.9 Å². The number of Topliss-reactive ketones (excluding diaryl/α,β-unsaturated/α-hetero) is 1. The summed E-state index contributed by atoms with van der Waals surface area (Å²) in [6, 6.07) is 9.33. The molecule has 0 aromatic heterocycles. The number of nitrogens with one attached hydrogen (secondary N) is 1. The van der Waals surface area contributed by atoms with Gasteiger partial charge in [-0.25, -0.2) is 4.79 Å². The van der Waals surface area contributed by atoms with Gasteiger partial charge in [0.25, 0.3) is 0 Å². The lowest BCUT2D eigenvalue weighted by molar-refractivity contribution is -0.124. The Kier molecular flexibility index (Phi) is 9.25. The predicted molar refractivity (Wildman–Crippen MR) is 127 cm³/mol. The summed E-state index contributed by atoms with van der Waals surface area (Å²) in [7, 11) is 1.68. The van der Waals surface area contributed by atoms with Gasteiger partial charge in [0, 0.05) is 31.7 Å². The van der Waals surface area contributed by atoms with Crippen LogP contribution in [0.25, 0.3) is 0 Å². The number of ketones is 1. The van der Waals surface area contributed by atoms with Crippen molar-refractivity contribution in [2.45, 2.75) is 78.1 Å². The highest BCUT2D eigenvalue weighted by molar-refractivity contribution is 6.01. The molecule has 32 heavy (non-hydrogen) atoms. The monoisotopic (exact) mass is 445 g/mol. The Morgan fingerprint density at radius 1 is 1.25 bits per heavy atom. The van der Waals surface area contributed by atoms with Crippen LogP contribution in [0.5, 0.6) is 0 Å². The van der Waals surface area contributed by atoms with Crippen molar-refractivity contribution in [3.63, 3.8) is 0 Å². The van der Waals surface area contributed by atoms with Crippen LogP contribution in [-0.2, 0) is 14.3 Å². The normalized spacial score (nSPS) is 20.9. The maximum Gasteiger partial charge on any atom is 0.408 e. The molecule has 1 amide bonds. The van der Waals surface area contributed by atoms with E-state index in [-0.39, 0.29) is 23.8 Å². The van der Waals surface area contributed by atoms with E-state index in [0.717, 1.165) is 17.8 Å². The zero-order valence-electron chi connectivity index (χ0n) is 20.6. The van der Waals surface area contributed by atoms with Crippen molar-refractivity contribution in [2.75, 3.05) is 20.3 Å². The number of methoxy groups -OCH3 is 1. The summed E-state index contributed by atoms with van der Waals surface area (Å²) in [4.78, 5) is 32.5. The van der Waals surface area contributed by atoms with E-state index in [1.165, 1.54) is 0 Å². The van der Waals surface area contributed by atoms with Gasteiger partial charge in [0.2, 0.25) is 0 Å². The average Bonchev–Trinajstić information content (AvgIpc) is 2.71. The summed E-state index contributed by atoms with van der Waals surface area (Å²) in [6.45, 7) is 12.6. The Morgan fingerprint density at radius 2 is 1.91 bits per heavy atom. The first-order chi connectivity index (χ1) is 15.1. The second-order valence-electron chi connectivity index (χ2n) is 9.67. The third-order valence-corrected chi connectivity index (χ3v) is 5.51. The number of amidine groups is 1. The molecule has 0 unspecified atom stereocenters. The Hall–Kier alpha value is -2.41. The third-order valence-electron chi connectivity index (χ3n) is 5.51. The van der Waals surface area contributed by atoms with E-state index in [1.54, 1.807) is 27.9 Å². The van der Waals surface area contributed by atoms with Gasteiger partial charge in [-0.05, 0) is 33.1 Å². The molecule has 0 radical (unpaired) electrons. The van der Waals surface area contributed by atoms with Crippen LogP contribution in [0.4, 0.5) is 4.79 Å². The number of piperidine rings is 1.